The highest BCUT2D eigenvalue weighted by Crippen LogP contribution is 2.15. The van der Waals surface area contributed by atoms with Crippen LogP contribution in [0.4, 0.5) is 0 Å². The number of fused-ring (bicyclic) bond motifs is 1. The molecule has 0 unspecified atom stereocenters. The van der Waals surface area contributed by atoms with Crippen LogP contribution in [-0.2, 0) is 0 Å². The van der Waals surface area contributed by atoms with Gasteiger partial charge >= 0.3 is 0 Å². The molecule has 0 aliphatic carbocycles. The molecule has 3 aromatic rings. The molecular formula is C12H10N4OS. The number of H-pyrrole nitrogens is 2. The zero-order valence-electron chi connectivity index (χ0n) is 9.60. The fraction of sp³-hybridized carbons (Fsp3) is 0.0833. The predicted octanol–water partition coefficient (Wildman–Crippen LogP) is 2.06. The van der Waals surface area contributed by atoms with Crippen molar-refractivity contribution in [3.05, 3.63) is 51.0 Å². The smallest absolute Gasteiger partial charge is 0.266 e. The molecule has 3 rings (SSSR count). The summed E-state index contributed by atoms with van der Waals surface area (Å²) in [5, 5.41) is 2.58. The van der Waals surface area contributed by atoms with E-state index in [1.54, 1.807) is 0 Å². The Labute approximate surface area is 107 Å². The molecule has 2 N–H and O–H groups in total. The van der Waals surface area contributed by atoms with Crippen molar-refractivity contribution in [2.75, 3.05) is 0 Å². The van der Waals surface area contributed by atoms with Gasteiger partial charge in [-0.15, -0.1) is 0 Å². The van der Waals surface area contributed by atoms with E-state index in [2.05, 4.69) is 15.1 Å². The Morgan fingerprint density at radius 2 is 2.00 bits per heavy atom. The summed E-state index contributed by atoms with van der Waals surface area (Å²) in [4.78, 5) is 18.6. The van der Waals surface area contributed by atoms with Crippen LogP contribution in [0.1, 0.15) is 5.56 Å². The number of rotatable bonds is 1. The van der Waals surface area contributed by atoms with Crippen LogP contribution in [0, 0.1) is 11.7 Å². The zero-order chi connectivity index (χ0) is 12.7. The third-order valence-corrected chi connectivity index (χ3v) is 2.97. The Kier molecular flexibility index (Phi) is 2.38. The first-order valence-electron chi connectivity index (χ1n) is 5.42. The van der Waals surface area contributed by atoms with Gasteiger partial charge in [-0.2, -0.15) is 0 Å². The lowest BCUT2D eigenvalue weighted by atomic mass is 10.1. The predicted molar refractivity (Wildman–Crippen MR) is 71.2 cm³/mol. The molecule has 2 heterocycles. The van der Waals surface area contributed by atoms with Crippen LogP contribution < -0.4 is 5.56 Å². The van der Waals surface area contributed by atoms with Gasteiger partial charge in [0.15, 0.2) is 0 Å². The highest BCUT2D eigenvalue weighted by Gasteiger charge is 2.04. The molecule has 0 fully saturated rings. The minimum Gasteiger partial charge on any atom is -0.324 e. The molecule has 0 aliphatic rings. The molecule has 0 spiro atoms. The van der Waals surface area contributed by atoms with Crippen molar-refractivity contribution in [2.24, 2.45) is 0 Å². The summed E-state index contributed by atoms with van der Waals surface area (Å²) in [6, 6.07) is 9.38. The van der Waals surface area contributed by atoms with Gasteiger partial charge in [0.25, 0.3) is 5.56 Å². The van der Waals surface area contributed by atoms with Crippen LogP contribution in [-0.4, -0.2) is 19.6 Å². The van der Waals surface area contributed by atoms with Gasteiger partial charge in [0.1, 0.15) is 11.5 Å². The van der Waals surface area contributed by atoms with Crippen LogP contribution >= 0.6 is 12.2 Å². The lowest BCUT2D eigenvalue weighted by molar-refractivity contribution is 0.863. The van der Waals surface area contributed by atoms with Crippen molar-refractivity contribution < 1.29 is 0 Å². The molecule has 0 saturated carbocycles. The zero-order valence-corrected chi connectivity index (χ0v) is 10.4. The van der Waals surface area contributed by atoms with E-state index in [1.807, 2.05) is 31.2 Å². The summed E-state index contributed by atoms with van der Waals surface area (Å²) >= 11 is 5.14. The summed E-state index contributed by atoms with van der Waals surface area (Å²) in [5.74, 6) is 0.652. The third-order valence-electron chi connectivity index (χ3n) is 2.70. The SMILES string of the molecule is Cc1ccc(-c2nc(=S)n3[nH]c(=O)cc3[nH]2)cc1. The number of aromatic nitrogens is 4. The second kappa shape index (κ2) is 3.92. The van der Waals surface area contributed by atoms with E-state index < -0.39 is 0 Å². The van der Waals surface area contributed by atoms with Crippen molar-refractivity contribution >= 4 is 17.9 Å². The minimum absolute atomic E-state index is 0.208. The monoisotopic (exact) mass is 258 g/mol. The number of aromatic amines is 2. The highest BCUT2D eigenvalue weighted by atomic mass is 32.1. The summed E-state index contributed by atoms with van der Waals surface area (Å²) in [6.07, 6.45) is 0. The van der Waals surface area contributed by atoms with Gasteiger partial charge in [-0.1, -0.05) is 29.8 Å². The topological polar surface area (TPSA) is 66.0 Å². The van der Waals surface area contributed by atoms with E-state index in [9.17, 15) is 4.79 Å². The number of hydrogen-bond acceptors (Lipinski definition) is 3. The summed E-state index contributed by atoms with van der Waals surface area (Å²) in [7, 11) is 0. The molecule has 2 aromatic heterocycles. The molecule has 90 valence electrons. The van der Waals surface area contributed by atoms with E-state index >= 15 is 0 Å². The average Bonchev–Trinajstić information content (AvgIpc) is 2.71. The van der Waals surface area contributed by atoms with Crippen molar-refractivity contribution in [1.29, 1.82) is 0 Å². The Morgan fingerprint density at radius 1 is 1.28 bits per heavy atom. The Morgan fingerprint density at radius 3 is 2.72 bits per heavy atom. The molecule has 0 bridgehead atoms. The number of hydrogen-bond donors (Lipinski definition) is 2. The third kappa shape index (κ3) is 1.76. The number of aryl methyl sites for hydroxylation is 1. The summed E-state index contributed by atoms with van der Waals surface area (Å²) < 4.78 is 1.77. The van der Waals surface area contributed by atoms with Crippen molar-refractivity contribution in [1.82, 2.24) is 19.6 Å². The quantitative estimate of drug-likeness (QED) is 0.656. The molecule has 18 heavy (non-hydrogen) atoms. The molecule has 5 nitrogen and oxygen atoms in total. The minimum atomic E-state index is -0.208. The van der Waals surface area contributed by atoms with E-state index in [0.29, 0.717) is 16.2 Å². The largest absolute Gasteiger partial charge is 0.324 e. The first-order chi connectivity index (χ1) is 8.63. The first kappa shape index (κ1) is 10.9. The van der Waals surface area contributed by atoms with Gasteiger partial charge in [0.05, 0.1) is 0 Å². The molecule has 6 heteroatoms. The van der Waals surface area contributed by atoms with Crippen LogP contribution in [0.5, 0.6) is 0 Å². The normalized spacial score (nSPS) is 10.9. The van der Waals surface area contributed by atoms with Gasteiger partial charge in [-0.25, -0.2) is 9.50 Å². The van der Waals surface area contributed by atoms with E-state index in [-0.39, 0.29) is 5.56 Å². The van der Waals surface area contributed by atoms with Crippen LogP contribution in [0.15, 0.2) is 35.1 Å². The molecule has 0 saturated heterocycles. The first-order valence-corrected chi connectivity index (χ1v) is 5.83. The van der Waals surface area contributed by atoms with Gasteiger partial charge < -0.3 is 4.98 Å². The van der Waals surface area contributed by atoms with Gasteiger partial charge in [0, 0.05) is 11.6 Å². The lowest BCUT2D eigenvalue weighted by Gasteiger charge is -2.03. The summed E-state index contributed by atoms with van der Waals surface area (Å²) in [6.45, 7) is 2.02. The highest BCUT2D eigenvalue weighted by molar-refractivity contribution is 7.71. The summed E-state index contributed by atoms with van der Waals surface area (Å²) in [5.41, 5.74) is 2.51. The average molecular weight is 258 g/mol. The number of nitrogens with one attached hydrogen (secondary N) is 2. The Balaban J connectivity index is 2.27. The maximum Gasteiger partial charge on any atom is 0.266 e. The van der Waals surface area contributed by atoms with Crippen molar-refractivity contribution in [3.8, 4) is 11.4 Å². The fourth-order valence-corrected chi connectivity index (χ4v) is 2.01. The molecule has 0 amide bonds. The number of nitrogens with zero attached hydrogens (tertiary/aromatic N) is 2. The van der Waals surface area contributed by atoms with Crippen LogP contribution in [0.25, 0.3) is 17.0 Å². The standard InChI is InChI=1S/C12H10N4OS/c1-7-2-4-8(5-3-7)11-13-9-6-10(17)15-16(9)12(18)14-11/h2-6H,1H3,(H,15,17)(H,13,14,18). The molecule has 1 aromatic carbocycles. The fourth-order valence-electron chi connectivity index (χ4n) is 1.78. The Bertz CT molecular complexity index is 826. The second-order valence-electron chi connectivity index (χ2n) is 4.08. The maximum atomic E-state index is 11.3. The van der Waals surface area contributed by atoms with E-state index in [4.69, 9.17) is 12.2 Å². The maximum absolute atomic E-state index is 11.3. The van der Waals surface area contributed by atoms with Crippen molar-refractivity contribution in [2.45, 2.75) is 6.92 Å². The lowest BCUT2D eigenvalue weighted by Crippen LogP contribution is -2.02. The van der Waals surface area contributed by atoms with E-state index in [0.717, 1.165) is 5.56 Å². The number of benzene rings is 1. The van der Waals surface area contributed by atoms with Crippen LogP contribution in [0.2, 0.25) is 0 Å². The van der Waals surface area contributed by atoms with Crippen LogP contribution in [0.3, 0.4) is 0 Å². The Hall–Kier alpha value is -2.21. The van der Waals surface area contributed by atoms with Gasteiger partial charge in [0.2, 0.25) is 4.77 Å². The molecule has 0 radical (unpaired) electrons. The van der Waals surface area contributed by atoms with Gasteiger partial charge in [-0.3, -0.25) is 9.89 Å². The second-order valence-corrected chi connectivity index (χ2v) is 4.44. The molecule has 0 aliphatic heterocycles. The molecular weight excluding hydrogens is 248 g/mol. The van der Waals surface area contributed by atoms with Crippen molar-refractivity contribution in [3.63, 3.8) is 0 Å². The van der Waals surface area contributed by atoms with Gasteiger partial charge in [-0.05, 0) is 19.1 Å². The van der Waals surface area contributed by atoms with E-state index in [1.165, 1.54) is 16.1 Å². The molecule has 0 atom stereocenters.